The number of fused-ring (bicyclic) bond motifs is 1. The van der Waals surface area contributed by atoms with Crippen molar-refractivity contribution in [3.05, 3.63) is 42.0 Å². The first-order valence-corrected chi connectivity index (χ1v) is 5.54. The Bertz CT molecular complexity index is 580. The summed E-state index contributed by atoms with van der Waals surface area (Å²) >= 11 is 0. The lowest BCUT2D eigenvalue weighted by Crippen LogP contribution is -2.47. The van der Waals surface area contributed by atoms with Gasteiger partial charge in [0, 0.05) is 18.7 Å². The summed E-state index contributed by atoms with van der Waals surface area (Å²) in [7, 11) is 1.58. The summed E-state index contributed by atoms with van der Waals surface area (Å²) in [5.74, 6) is -1.04. The molecule has 1 amide bonds. The molecule has 3 rings (SSSR count). The van der Waals surface area contributed by atoms with Gasteiger partial charge < -0.3 is 14.7 Å². The number of aliphatic hydroxyl groups is 1. The highest BCUT2D eigenvalue weighted by Gasteiger charge is 2.55. The molecule has 18 heavy (non-hydrogen) atoms. The van der Waals surface area contributed by atoms with E-state index in [1.807, 2.05) is 0 Å². The Balaban J connectivity index is 2.15. The molecule has 0 saturated carbocycles. The molecule has 0 aromatic heterocycles. The molecule has 0 fully saturated rings. The third kappa shape index (κ3) is 1.19. The van der Waals surface area contributed by atoms with E-state index in [1.54, 1.807) is 31.3 Å². The number of carbonyl (C=O) groups is 2. The number of hydrogen-bond donors (Lipinski definition) is 1. The van der Waals surface area contributed by atoms with Gasteiger partial charge in [-0.15, -0.1) is 0 Å². The van der Waals surface area contributed by atoms with Crippen molar-refractivity contribution >= 4 is 17.6 Å². The number of carbonyl (C=O) groups excluding carboxylic acids is 2. The van der Waals surface area contributed by atoms with Crippen LogP contribution in [-0.2, 0) is 19.9 Å². The SMILES string of the molecule is CN1C(=O)[C@@](O)([C@@H]2C=CC(=O)O2)c2ccccc21. The summed E-state index contributed by atoms with van der Waals surface area (Å²) in [5.41, 5.74) is -0.739. The highest BCUT2D eigenvalue weighted by Crippen LogP contribution is 2.43. The average Bonchev–Trinajstić information content (AvgIpc) is 2.89. The molecule has 1 N–H and O–H groups in total. The summed E-state index contributed by atoms with van der Waals surface area (Å²) in [6.07, 6.45) is 1.66. The van der Waals surface area contributed by atoms with Gasteiger partial charge in [0.2, 0.25) is 5.60 Å². The molecule has 5 nitrogen and oxygen atoms in total. The smallest absolute Gasteiger partial charge is 0.331 e. The second-order valence-corrected chi connectivity index (χ2v) is 4.36. The van der Waals surface area contributed by atoms with E-state index in [4.69, 9.17) is 4.74 Å². The molecule has 0 spiro atoms. The minimum atomic E-state index is -1.83. The van der Waals surface area contributed by atoms with Crippen LogP contribution in [0.3, 0.4) is 0 Å². The van der Waals surface area contributed by atoms with E-state index in [0.717, 1.165) is 0 Å². The summed E-state index contributed by atoms with van der Waals surface area (Å²) in [4.78, 5) is 24.7. The number of benzene rings is 1. The zero-order valence-electron chi connectivity index (χ0n) is 9.66. The number of esters is 1. The van der Waals surface area contributed by atoms with E-state index in [1.165, 1.54) is 17.1 Å². The molecule has 0 unspecified atom stereocenters. The molecule has 2 aliphatic heterocycles. The minimum Gasteiger partial charge on any atom is -0.451 e. The third-order valence-electron chi connectivity index (χ3n) is 3.37. The maximum absolute atomic E-state index is 12.2. The van der Waals surface area contributed by atoms with Gasteiger partial charge in [0.25, 0.3) is 5.91 Å². The Morgan fingerprint density at radius 1 is 1.33 bits per heavy atom. The summed E-state index contributed by atoms with van der Waals surface area (Å²) in [6, 6.07) is 6.92. The molecule has 92 valence electrons. The lowest BCUT2D eigenvalue weighted by molar-refractivity contribution is -0.159. The molecule has 5 heteroatoms. The Labute approximate surface area is 103 Å². The van der Waals surface area contributed by atoms with Crippen LogP contribution in [0.5, 0.6) is 0 Å². The van der Waals surface area contributed by atoms with Crippen molar-refractivity contribution in [2.75, 3.05) is 11.9 Å². The zero-order chi connectivity index (χ0) is 12.9. The Morgan fingerprint density at radius 3 is 2.72 bits per heavy atom. The van der Waals surface area contributed by atoms with Crippen molar-refractivity contribution in [1.29, 1.82) is 0 Å². The molecule has 0 aliphatic carbocycles. The van der Waals surface area contributed by atoms with Gasteiger partial charge in [-0.3, -0.25) is 4.79 Å². The van der Waals surface area contributed by atoms with Crippen LogP contribution >= 0.6 is 0 Å². The number of para-hydroxylation sites is 1. The fourth-order valence-corrected chi connectivity index (χ4v) is 2.44. The van der Waals surface area contributed by atoms with E-state index in [2.05, 4.69) is 0 Å². The van der Waals surface area contributed by atoms with Crippen LogP contribution in [0, 0.1) is 0 Å². The van der Waals surface area contributed by atoms with Crippen LogP contribution in [0.25, 0.3) is 0 Å². The van der Waals surface area contributed by atoms with Crippen LogP contribution in [0.1, 0.15) is 5.56 Å². The van der Waals surface area contributed by atoms with Crippen LogP contribution in [0.2, 0.25) is 0 Å². The summed E-state index contributed by atoms with van der Waals surface area (Å²) < 4.78 is 4.98. The molecule has 2 aliphatic rings. The average molecular weight is 245 g/mol. The van der Waals surface area contributed by atoms with Gasteiger partial charge >= 0.3 is 5.97 Å². The quantitative estimate of drug-likeness (QED) is 0.724. The zero-order valence-corrected chi connectivity index (χ0v) is 9.66. The number of likely N-dealkylation sites (N-methyl/N-ethyl adjacent to an activating group) is 1. The minimum absolute atomic E-state index is 0.460. The van der Waals surface area contributed by atoms with E-state index in [-0.39, 0.29) is 0 Å². The monoisotopic (exact) mass is 245 g/mol. The fraction of sp³-hybridized carbons (Fsp3) is 0.231. The van der Waals surface area contributed by atoms with Gasteiger partial charge in [-0.1, -0.05) is 18.2 Å². The fourth-order valence-electron chi connectivity index (χ4n) is 2.44. The Morgan fingerprint density at radius 2 is 2.06 bits per heavy atom. The first-order valence-electron chi connectivity index (χ1n) is 5.54. The van der Waals surface area contributed by atoms with Crippen molar-refractivity contribution < 1.29 is 19.4 Å². The van der Waals surface area contributed by atoms with Gasteiger partial charge in [0.15, 0.2) is 6.10 Å². The molecule has 1 aromatic rings. The van der Waals surface area contributed by atoms with Gasteiger partial charge in [-0.2, -0.15) is 0 Å². The molecule has 0 saturated heterocycles. The van der Waals surface area contributed by atoms with E-state index < -0.39 is 23.6 Å². The predicted molar refractivity (Wildman–Crippen MR) is 62.8 cm³/mol. The van der Waals surface area contributed by atoms with Gasteiger partial charge in [-0.25, -0.2) is 4.79 Å². The third-order valence-corrected chi connectivity index (χ3v) is 3.37. The lowest BCUT2D eigenvalue weighted by atomic mass is 9.89. The molecule has 0 radical (unpaired) electrons. The second kappa shape index (κ2) is 3.43. The van der Waals surface area contributed by atoms with Crippen molar-refractivity contribution in [2.24, 2.45) is 0 Å². The van der Waals surface area contributed by atoms with Crippen LogP contribution < -0.4 is 4.90 Å². The topological polar surface area (TPSA) is 66.8 Å². The molecule has 0 bridgehead atoms. The second-order valence-electron chi connectivity index (χ2n) is 4.36. The molecule has 2 heterocycles. The van der Waals surface area contributed by atoms with Crippen molar-refractivity contribution in [2.45, 2.75) is 11.7 Å². The number of ether oxygens (including phenoxy) is 1. The number of nitrogens with zero attached hydrogens (tertiary/aromatic N) is 1. The normalized spacial score (nSPS) is 29.7. The van der Waals surface area contributed by atoms with Gasteiger partial charge in [-0.05, 0) is 12.1 Å². The van der Waals surface area contributed by atoms with E-state index >= 15 is 0 Å². The largest absolute Gasteiger partial charge is 0.451 e. The number of hydrogen-bond acceptors (Lipinski definition) is 4. The summed E-state index contributed by atoms with van der Waals surface area (Å²) in [6.45, 7) is 0. The van der Waals surface area contributed by atoms with Gasteiger partial charge in [0.1, 0.15) is 0 Å². The Kier molecular flexibility index (Phi) is 2.09. The number of amides is 1. The van der Waals surface area contributed by atoms with E-state index in [9.17, 15) is 14.7 Å². The van der Waals surface area contributed by atoms with Crippen molar-refractivity contribution in [1.82, 2.24) is 0 Å². The Hall–Kier alpha value is -2.14. The highest BCUT2D eigenvalue weighted by molar-refractivity contribution is 6.07. The van der Waals surface area contributed by atoms with Crippen molar-refractivity contribution in [3.63, 3.8) is 0 Å². The number of cyclic esters (lactones) is 1. The van der Waals surface area contributed by atoms with Crippen LogP contribution in [-0.4, -0.2) is 30.1 Å². The predicted octanol–water partition coefficient (Wildman–Crippen LogP) is 0.332. The highest BCUT2D eigenvalue weighted by atomic mass is 16.6. The number of rotatable bonds is 1. The first-order chi connectivity index (χ1) is 8.55. The van der Waals surface area contributed by atoms with Gasteiger partial charge in [0.05, 0.1) is 5.69 Å². The number of anilines is 1. The lowest BCUT2D eigenvalue weighted by Gasteiger charge is -2.26. The molecule has 1 aromatic carbocycles. The van der Waals surface area contributed by atoms with Crippen LogP contribution in [0.15, 0.2) is 36.4 Å². The van der Waals surface area contributed by atoms with Crippen LogP contribution in [0.4, 0.5) is 5.69 Å². The molecular weight excluding hydrogens is 234 g/mol. The molecular formula is C13H11NO4. The first kappa shape index (κ1) is 11.0. The standard InChI is InChI=1S/C13H11NO4/c1-14-9-5-3-2-4-8(9)13(17,12(14)16)10-6-7-11(15)18-10/h2-7,10,17H,1H3/t10-,13-/m0/s1. The van der Waals surface area contributed by atoms with E-state index in [0.29, 0.717) is 11.3 Å². The summed E-state index contributed by atoms with van der Waals surface area (Å²) in [5, 5.41) is 10.7. The maximum Gasteiger partial charge on any atom is 0.331 e. The van der Waals surface area contributed by atoms with Crippen molar-refractivity contribution in [3.8, 4) is 0 Å². The maximum atomic E-state index is 12.2. The molecule has 2 atom stereocenters.